The lowest BCUT2D eigenvalue weighted by Gasteiger charge is -2.27. The summed E-state index contributed by atoms with van der Waals surface area (Å²) in [4.78, 5) is 30.6. The number of carbonyl (C=O) groups excluding carboxylic acids is 2. The third-order valence-electron chi connectivity index (χ3n) is 4.14. The number of aromatic nitrogens is 5. The number of H-pyrrole nitrogens is 1. The molecule has 0 saturated heterocycles. The molecule has 2 N–H and O–H groups in total. The minimum Gasteiger partial charge on any atom is -0.334 e. The van der Waals surface area contributed by atoms with Crippen LogP contribution in [0.1, 0.15) is 16.2 Å². The topological polar surface area (TPSA) is 109 Å². The first-order valence-electron chi connectivity index (χ1n) is 8.38. The maximum absolute atomic E-state index is 12.4. The number of aromatic amines is 1. The van der Waals surface area contributed by atoms with Gasteiger partial charge in [-0.05, 0) is 18.2 Å². The second kappa shape index (κ2) is 7.62. The van der Waals surface area contributed by atoms with Crippen LogP contribution < -0.4 is 5.32 Å². The van der Waals surface area contributed by atoms with E-state index in [1.165, 1.54) is 18.1 Å². The number of fused-ring (bicyclic) bond motifs is 1. The van der Waals surface area contributed by atoms with Crippen LogP contribution in [0.2, 0.25) is 0 Å². The van der Waals surface area contributed by atoms with E-state index in [0.717, 1.165) is 11.4 Å². The zero-order valence-electron chi connectivity index (χ0n) is 14.3. The molecule has 9 nitrogen and oxygen atoms in total. The fourth-order valence-electron chi connectivity index (χ4n) is 2.79. The molecule has 10 heteroatoms. The molecule has 4 rings (SSSR count). The van der Waals surface area contributed by atoms with E-state index < -0.39 is 0 Å². The highest BCUT2D eigenvalue weighted by Gasteiger charge is 2.24. The summed E-state index contributed by atoms with van der Waals surface area (Å²) in [5, 5.41) is 14.3. The maximum Gasteiger partial charge on any atom is 0.276 e. The summed E-state index contributed by atoms with van der Waals surface area (Å²) < 4.78 is 1.78. The van der Waals surface area contributed by atoms with Gasteiger partial charge in [-0.2, -0.15) is 10.2 Å². The summed E-state index contributed by atoms with van der Waals surface area (Å²) >= 11 is 1.31. The van der Waals surface area contributed by atoms with Gasteiger partial charge in [0.05, 0.1) is 24.5 Å². The summed E-state index contributed by atoms with van der Waals surface area (Å²) in [7, 11) is 0. The summed E-state index contributed by atoms with van der Waals surface area (Å²) in [6.07, 6.45) is 1.41. The lowest BCUT2D eigenvalue weighted by molar-refractivity contribution is -0.129. The van der Waals surface area contributed by atoms with Crippen molar-refractivity contribution in [3.05, 3.63) is 54.1 Å². The van der Waals surface area contributed by atoms with Gasteiger partial charge in [-0.1, -0.05) is 30.0 Å². The maximum atomic E-state index is 12.4. The van der Waals surface area contributed by atoms with Crippen molar-refractivity contribution in [3.63, 3.8) is 0 Å². The number of nitrogens with one attached hydrogen (secondary N) is 2. The highest BCUT2D eigenvalue weighted by Crippen LogP contribution is 2.18. The van der Waals surface area contributed by atoms with Crippen molar-refractivity contribution in [2.45, 2.75) is 18.2 Å². The third kappa shape index (κ3) is 4.00. The van der Waals surface area contributed by atoms with Gasteiger partial charge in [-0.25, -0.2) is 4.98 Å². The number of anilines is 1. The minimum absolute atomic E-state index is 0.0131. The van der Waals surface area contributed by atoms with Crippen LogP contribution in [-0.4, -0.2) is 54.0 Å². The Kier molecular flexibility index (Phi) is 4.88. The van der Waals surface area contributed by atoms with Crippen molar-refractivity contribution in [1.29, 1.82) is 0 Å². The Morgan fingerprint density at radius 2 is 2.07 bits per heavy atom. The molecule has 1 aliphatic rings. The van der Waals surface area contributed by atoms with E-state index in [1.54, 1.807) is 15.6 Å². The van der Waals surface area contributed by atoms with Gasteiger partial charge in [-0.15, -0.1) is 0 Å². The molecule has 2 aromatic heterocycles. The molecule has 1 aliphatic heterocycles. The first-order valence-corrected chi connectivity index (χ1v) is 9.36. The van der Waals surface area contributed by atoms with Gasteiger partial charge < -0.3 is 10.2 Å². The van der Waals surface area contributed by atoms with Crippen LogP contribution in [0.4, 0.5) is 5.69 Å². The third-order valence-corrected chi connectivity index (χ3v) is 5.00. The Labute approximate surface area is 159 Å². The molecule has 0 spiro atoms. The zero-order chi connectivity index (χ0) is 18.6. The fraction of sp³-hybridized carbons (Fsp3) is 0.235. The molecule has 0 fully saturated rings. The van der Waals surface area contributed by atoms with Crippen LogP contribution in [0.25, 0.3) is 0 Å². The van der Waals surface area contributed by atoms with Gasteiger partial charge in [0.1, 0.15) is 6.33 Å². The molecule has 0 atom stereocenters. The van der Waals surface area contributed by atoms with E-state index >= 15 is 0 Å². The number of thioether (sulfide) groups is 1. The van der Waals surface area contributed by atoms with Crippen LogP contribution in [0, 0.1) is 0 Å². The number of amides is 2. The molecular formula is C17H17N7O2S. The Morgan fingerprint density at radius 1 is 1.22 bits per heavy atom. The van der Waals surface area contributed by atoms with E-state index in [-0.39, 0.29) is 17.6 Å². The predicted molar refractivity (Wildman–Crippen MR) is 99.1 cm³/mol. The molecular weight excluding hydrogens is 366 g/mol. The lowest BCUT2D eigenvalue weighted by atomic mass is 10.2. The van der Waals surface area contributed by atoms with Crippen LogP contribution >= 0.6 is 11.8 Å². The molecule has 0 radical (unpaired) electrons. The average Bonchev–Trinajstić information content (AvgIpc) is 3.35. The van der Waals surface area contributed by atoms with Crippen molar-refractivity contribution in [1.82, 2.24) is 29.9 Å². The summed E-state index contributed by atoms with van der Waals surface area (Å²) in [6, 6.07) is 11.0. The van der Waals surface area contributed by atoms with Crippen molar-refractivity contribution in [2.75, 3.05) is 17.6 Å². The SMILES string of the molecule is O=C(Nc1ccccc1)c1cc2n(n1)CCN(C(=O)CSc1ncn[nH]1)C2. The molecule has 0 bridgehead atoms. The molecule has 1 aromatic carbocycles. The van der Waals surface area contributed by atoms with Crippen LogP contribution in [0.15, 0.2) is 47.9 Å². The smallest absolute Gasteiger partial charge is 0.276 e. The second-order valence-corrected chi connectivity index (χ2v) is 6.92. The number of benzene rings is 1. The van der Waals surface area contributed by atoms with Gasteiger partial charge in [0.25, 0.3) is 5.91 Å². The number of nitrogens with zero attached hydrogens (tertiary/aromatic N) is 5. The van der Waals surface area contributed by atoms with Gasteiger partial charge in [0, 0.05) is 12.2 Å². The first kappa shape index (κ1) is 17.3. The average molecular weight is 383 g/mol. The number of hydrogen-bond donors (Lipinski definition) is 2. The van der Waals surface area contributed by atoms with E-state index in [4.69, 9.17) is 0 Å². The summed E-state index contributed by atoms with van der Waals surface area (Å²) in [6.45, 7) is 1.55. The standard InChI is InChI=1S/C17H17N7O2S/c25-15(10-27-17-18-11-19-21-17)23-6-7-24-13(9-23)8-14(22-24)16(26)20-12-4-2-1-3-5-12/h1-5,8,11H,6-7,9-10H2,(H,20,26)(H,18,19,21). The van der Waals surface area contributed by atoms with Gasteiger partial charge in [0.15, 0.2) is 10.9 Å². The Morgan fingerprint density at radius 3 is 2.85 bits per heavy atom. The second-order valence-electron chi connectivity index (χ2n) is 5.96. The quantitative estimate of drug-likeness (QED) is 0.645. The molecule has 2 amide bonds. The van der Waals surface area contributed by atoms with Crippen LogP contribution in [0.3, 0.4) is 0 Å². The largest absolute Gasteiger partial charge is 0.334 e. The van der Waals surface area contributed by atoms with Crippen molar-refractivity contribution >= 4 is 29.3 Å². The Balaban J connectivity index is 1.38. The summed E-state index contributed by atoms with van der Waals surface area (Å²) in [5.41, 5.74) is 1.91. The molecule has 0 aliphatic carbocycles. The van der Waals surface area contributed by atoms with Crippen LogP contribution in [-0.2, 0) is 17.9 Å². The van der Waals surface area contributed by atoms with Crippen LogP contribution in [0.5, 0.6) is 0 Å². The zero-order valence-corrected chi connectivity index (χ0v) is 15.1. The number of rotatable bonds is 5. The highest BCUT2D eigenvalue weighted by atomic mass is 32.2. The number of para-hydroxylation sites is 1. The summed E-state index contributed by atoms with van der Waals surface area (Å²) in [5.74, 6) is 0.0333. The van der Waals surface area contributed by atoms with Crippen molar-refractivity contribution in [3.8, 4) is 0 Å². The molecule has 27 heavy (non-hydrogen) atoms. The minimum atomic E-state index is -0.262. The van der Waals surface area contributed by atoms with Gasteiger partial charge in [-0.3, -0.25) is 19.4 Å². The molecule has 0 unspecified atom stereocenters. The predicted octanol–water partition coefficient (Wildman–Crippen LogP) is 1.39. The number of carbonyl (C=O) groups is 2. The lowest BCUT2D eigenvalue weighted by Crippen LogP contribution is -2.39. The molecule has 3 heterocycles. The van der Waals surface area contributed by atoms with E-state index in [9.17, 15) is 9.59 Å². The molecule has 3 aromatic rings. The van der Waals surface area contributed by atoms with Crippen molar-refractivity contribution < 1.29 is 9.59 Å². The Bertz CT molecular complexity index is 940. The fourth-order valence-corrected chi connectivity index (χ4v) is 3.47. The monoisotopic (exact) mass is 383 g/mol. The first-order chi connectivity index (χ1) is 13.2. The van der Waals surface area contributed by atoms with E-state index in [0.29, 0.717) is 30.5 Å². The molecule has 0 saturated carbocycles. The van der Waals surface area contributed by atoms with Gasteiger partial charge in [0.2, 0.25) is 5.91 Å². The Hall–Kier alpha value is -3.14. The van der Waals surface area contributed by atoms with Gasteiger partial charge >= 0.3 is 0 Å². The van der Waals surface area contributed by atoms with Crippen molar-refractivity contribution in [2.24, 2.45) is 0 Å². The highest BCUT2D eigenvalue weighted by molar-refractivity contribution is 7.99. The van der Waals surface area contributed by atoms with E-state index in [2.05, 4.69) is 25.6 Å². The van der Waals surface area contributed by atoms with E-state index in [1.807, 2.05) is 30.3 Å². The normalized spacial score (nSPS) is 13.3. The number of hydrogen-bond acceptors (Lipinski definition) is 6. The molecule has 138 valence electrons.